The first-order valence-electron chi connectivity index (χ1n) is 4.12. The molecule has 1 aromatic rings. The van der Waals surface area contributed by atoms with E-state index >= 15 is 0 Å². The molecule has 5 heteroatoms. The zero-order valence-electron chi connectivity index (χ0n) is 7.78. The Morgan fingerprint density at radius 2 is 2.29 bits per heavy atom. The molecule has 1 amide bonds. The molecular weight excluding hydrogens is 202 g/mol. The average Bonchev–Trinajstić information content (AvgIpc) is 2.67. The summed E-state index contributed by atoms with van der Waals surface area (Å²) in [6.45, 7) is 0. The molecule has 1 heterocycles. The smallest absolute Gasteiger partial charge is 0.243 e. The molecule has 1 N–H and O–H groups in total. The first kappa shape index (κ1) is 10.9. The lowest BCUT2D eigenvalue weighted by Crippen LogP contribution is -2.22. The molecule has 0 aromatic carbocycles. The van der Waals surface area contributed by atoms with Crippen LogP contribution in [0.15, 0.2) is 17.5 Å². The van der Waals surface area contributed by atoms with Crippen molar-refractivity contribution in [1.29, 1.82) is 0 Å². The number of carbonyl (C=O) groups is 2. The van der Waals surface area contributed by atoms with Gasteiger partial charge in [-0.3, -0.25) is 14.4 Å². The number of Topliss-reactive ketones (excluding diaryl/α,β-unsaturated/α-hetero) is 1. The van der Waals surface area contributed by atoms with E-state index in [1.54, 1.807) is 6.07 Å². The van der Waals surface area contributed by atoms with E-state index < -0.39 is 0 Å². The highest BCUT2D eigenvalue weighted by molar-refractivity contribution is 7.12. The van der Waals surface area contributed by atoms with Crippen molar-refractivity contribution in [3.05, 3.63) is 22.4 Å². The summed E-state index contributed by atoms with van der Waals surface area (Å²) in [4.78, 5) is 27.4. The molecule has 0 spiro atoms. The third-order valence-corrected chi connectivity index (χ3v) is 2.50. The summed E-state index contributed by atoms with van der Waals surface area (Å²) in [5.41, 5.74) is 2.16. The van der Waals surface area contributed by atoms with E-state index in [0.29, 0.717) is 4.88 Å². The average molecular weight is 213 g/mol. The summed E-state index contributed by atoms with van der Waals surface area (Å²) in [6.07, 6.45) is 0.375. The molecule has 0 saturated carbocycles. The number of hydrogen-bond acceptors (Lipinski definition) is 4. The van der Waals surface area contributed by atoms with Gasteiger partial charge in [0.25, 0.3) is 0 Å². The van der Waals surface area contributed by atoms with Crippen LogP contribution in [-0.4, -0.2) is 18.8 Å². The van der Waals surface area contributed by atoms with Crippen molar-refractivity contribution in [1.82, 2.24) is 5.48 Å². The molecule has 76 valence electrons. The fourth-order valence-electron chi connectivity index (χ4n) is 0.952. The van der Waals surface area contributed by atoms with Crippen molar-refractivity contribution >= 4 is 23.0 Å². The van der Waals surface area contributed by atoms with Gasteiger partial charge >= 0.3 is 0 Å². The predicted molar refractivity (Wildman–Crippen MR) is 53.0 cm³/mol. The number of thiophene rings is 1. The van der Waals surface area contributed by atoms with Gasteiger partial charge in [0.15, 0.2) is 5.78 Å². The van der Waals surface area contributed by atoms with Crippen molar-refractivity contribution in [3.63, 3.8) is 0 Å². The molecule has 14 heavy (non-hydrogen) atoms. The largest absolute Gasteiger partial charge is 0.293 e. The lowest BCUT2D eigenvalue weighted by atomic mass is 10.2. The van der Waals surface area contributed by atoms with E-state index in [-0.39, 0.29) is 24.5 Å². The Morgan fingerprint density at radius 3 is 2.86 bits per heavy atom. The van der Waals surface area contributed by atoms with Gasteiger partial charge in [0.2, 0.25) is 5.91 Å². The van der Waals surface area contributed by atoms with Gasteiger partial charge in [-0.05, 0) is 11.4 Å². The molecule has 0 atom stereocenters. The fourth-order valence-corrected chi connectivity index (χ4v) is 1.65. The highest BCUT2D eigenvalue weighted by atomic mass is 32.1. The highest BCUT2D eigenvalue weighted by Gasteiger charge is 2.09. The lowest BCUT2D eigenvalue weighted by molar-refractivity contribution is -0.131. The highest BCUT2D eigenvalue weighted by Crippen LogP contribution is 2.11. The Labute approximate surface area is 85.8 Å². The van der Waals surface area contributed by atoms with E-state index in [4.69, 9.17) is 0 Å². The maximum atomic E-state index is 11.4. The molecule has 4 nitrogen and oxygen atoms in total. The Bertz CT molecular complexity index is 308. The molecule has 0 bridgehead atoms. The van der Waals surface area contributed by atoms with Gasteiger partial charge in [-0.2, -0.15) is 0 Å². The molecular formula is C9H11NO3S. The number of amides is 1. The number of ketones is 1. The maximum absolute atomic E-state index is 11.4. The third-order valence-electron chi connectivity index (χ3n) is 1.59. The second-order valence-electron chi connectivity index (χ2n) is 2.63. The minimum absolute atomic E-state index is 0.00810. The van der Waals surface area contributed by atoms with Crippen LogP contribution >= 0.6 is 11.3 Å². The maximum Gasteiger partial charge on any atom is 0.243 e. The summed E-state index contributed by atoms with van der Waals surface area (Å²) < 4.78 is 0. The summed E-state index contributed by atoms with van der Waals surface area (Å²) >= 11 is 1.38. The summed E-state index contributed by atoms with van der Waals surface area (Å²) in [7, 11) is 1.36. The molecule has 0 aliphatic heterocycles. The topological polar surface area (TPSA) is 55.4 Å². The molecule has 1 rings (SSSR count). The number of hydroxylamine groups is 1. The van der Waals surface area contributed by atoms with Gasteiger partial charge in [0.05, 0.1) is 12.0 Å². The number of hydrogen-bond donors (Lipinski definition) is 1. The van der Waals surface area contributed by atoms with Crippen LogP contribution in [0, 0.1) is 0 Å². The standard InChI is InChI=1S/C9H11NO3S/c1-13-10-9(12)5-4-7(11)8-3-2-6-14-8/h2-3,6H,4-5H2,1H3,(H,10,12). The van der Waals surface area contributed by atoms with Gasteiger partial charge < -0.3 is 0 Å². The van der Waals surface area contributed by atoms with E-state index in [0.717, 1.165) is 0 Å². The minimum Gasteiger partial charge on any atom is -0.293 e. The van der Waals surface area contributed by atoms with Crippen molar-refractivity contribution in [2.24, 2.45) is 0 Å². The van der Waals surface area contributed by atoms with Gasteiger partial charge in [-0.15, -0.1) is 11.3 Å². The Kier molecular flexibility index (Phi) is 4.28. The minimum atomic E-state index is -0.280. The summed E-state index contributed by atoms with van der Waals surface area (Å²) in [6, 6.07) is 3.56. The van der Waals surface area contributed by atoms with Crippen molar-refractivity contribution in [3.8, 4) is 0 Å². The van der Waals surface area contributed by atoms with Crippen LogP contribution in [0.25, 0.3) is 0 Å². The summed E-state index contributed by atoms with van der Waals surface area (Å²) in [5.74, 6) is -0.288. The van der Waals surface area contributed by atoms with Crippen LogP contribution < -0.4 is 5.48 Å². The zero-order valence-corrected chi connectivity index (χ0v) is 8.60. The van der Waals surface area contributed by atoms with E-state index in [1.165, 1.54) is 18.4 Å². The molecule has 0 aliphatic rings. The van der Waals surface area contributed by atoms with Crippen LogP contribution in [-0.2, 0) is 9.63 Å². The lowest BCUT2D eigenvalue weighted by Gasteiger charge is -1.99. The molecule has 0 aliphatic carbocycles. The molecule has 0 radical (unpaired) electrons. The van der Waals surface area contributed by atoms with Crippen LogP contribution in [0.1, 0.15) is 22.5 Å². The van der Waals surface area contributed by atoms with E-state index in [1.807, 2.05) is 11.4 Å². The monoisotopic (exact) mass is 213 g/mol. The molecule has 0 unspecified atom stereocenters. The van der Waals surface area contributed by atoms with Gasteiger partial charge in [0.1, 0.15) is 0 Å². The van der Waals surface area contributed by atoms with Crippen LogP contribution in [0.5, 0.6) is 0 Å². The molecule has 0 saturated heterocycles. The predicted octanol–water partition coefficient (Wildman–Crippen LogP) is 1.39. The quantitative estimate of drug-likeness (QED) is 0.594. The van der Waals surface area contributed by atoms with Gasteiger partial charge in [-0.1, -0.05) is 6.07 Å². The second-order valence-corrected chi connectivity index (χ2v) is 3.58. The zero-order chi connectivity index (χ0) is 10.4. The fraction of sp³-hybridized carbons (Fsp3) is 0.333. The van der Waals surface area contributed by atoms with Crippen molar-refractivity contribution in [2.75, 3.05) is 7.11 Å². The molecule has 1 aromatic heterocycles. The van der Waals surface area contributed by atoms with Gasteiger partial charge in [-0.25, -0.2) is 5.48 Å². The SMILES string of the molecule is CONC(=O)CCC(=O)c1cccs1. The van der Waals surface area contributed by atoms with E-state index in [2.05, 4.69) is 10.3 Å². The Hall–Kier alpha value is -1.20. The van der Waals surface area contributed by atoms with Crippen molar-refractivity contribution in [2.45, 2.75) is 12.8 Å². The Morgan fingerprint density at radius 1 is 1.50 bits per heavy atom. The Balaban J connectivity index is 2.32. The first-order valence-corrected chi connectivity index (χ1v) is 5.00. The van der Waals surface area contributed by atoms with Crippen LogP contribution in [0.3, 0.4) is 0 Å². The van der Waals surface area contributed by atoms with E-state index in [9.17, 15) is 9.59 Å². The second kappa shape index (κ2) is 5.51. The van der Waals surface area contributed by atoms with Crippen molar-refractivity contribution < 1.29 is 14.4 Å². The number of nitrogens with one attached hydrogen (secondary N) is 1. The van der Waals surface area contributed by atoms with Gasteiger partial charge in [0, 0.05) is 12.8 Å². The number of carbonyl (C=O) groups excluding carboxylic acids is 2. The first-order chi connectivity index (χ1) is 6.74. The van der Waals surface area contributed by atoms with Crippen LogP contribution in [0.2, 0.25) is 0 Å². The number of rotatable bonds is 5. The molecule has 0 fully saturated rings. The summed E-state index contributed by atoms with van der Waals surface area (Å²) in [5, 5.41) is 1.84. The normalized spacial score (nSPS) is 9.79. The third kappa shape index (κ3) is 3.27. The van der Waals surface area contributed by atoms with Crippen LogP contribution in [0.4, 0.5) is 0 Å².